The third kappa shape index (κ3) is 6.87. The Morgan fingerprint density at radius 1 is 1.21 bits per heavy atom. The number of nitrogens with one attached hydrogen (secondary N) is 1. The van der Waals surface area contributed by atoms with Gasteiger partial charge in [-0.15, -0.1) is 0 Å². The Kier molecular flexibility index (Phi) is 8.61. The third-order valence-corrected chi connectivity index (χ3v) is 5.33. The van der Waals surface area contributed by atoms with Crippen LogP contribution in [0.15, 0.2) is 87.8 Å². The number of hydrogen-bond acceptors (Lipinski definition) is 6. The topological polar surface area (TPSA) is 102 Å². The lowest BCUT2D eigenvalue weighted by molar-refractivity contribution is 0.603. The van der Waals surface area contributed by atoms with E-state index in [1.807, 2.05) is 0 Å². The van der Waals surface area contributed by atoms with Crippen LogP contribution in [0, 0.1) is 5.82 Å². The molecule has 154 valence electrons. The summed E-state index contributed by atoms with van der Waals surface area (Å²) in [5, 5.41) is 3.11. The summed E-state index contributed by atoms with van der Waals surface area (Å²) < 4.78 is 14.6. The lowest BCUT2D eigenvalue weighted by atomic mass is 10.1. The molecule has 5 nitrogen and oxygen atoms in total. The van der Waals surface area contributed by atoms with Crippen molar-refractivity contribution in [2.45, 2.75) is 37.0 Å². The largest absolute Gasteiger partial charge is 0.405 e. The summed E-state index contributed by atoms with van der Waals surface area (Å²) in [4.78, 5) is 5.61. The Morgan fingerprint density at radius 3 is 2.62 bits per heavy atom. The van der Waals surface area contributed by atoms with Crippen molar-refractivity contribution in [2.24, 2.45) is 22.2 Å². The number of nitrogens with two attached hydrogens (primary N) is 3. The molecule has 1 aliphatic carbocycles. The summed E-state index contributed by atoms with van der Waals surface area (Å²) in [6.07, 6.45) is 11.2. The van der Waals surface area contributed by atoms with Crippen LogP contribution < -0.4 is 22.5 Å². The Labute approximate surface area is 176 Å². The molecule has 0 saturated heterocycles. The number of nitrogens with zero attached hydrogens (tertiary/aromatic N) is 1. The van der Waals surface area contributed by atoms with Crippen LogP contribution >= 0.6 is 11.8 Å². The number of benzene rings is 1. The zero-order valence-electron chi connectivity index (χ0n) is 16.5. The predicted molar refractivity (Wildman–Crippen MR) is 123 cm³/mol. The maximum atomic E-state index is 14.6. The molecule has 0 amide bonds. The average Bonchev–Trinajstić information content (AvgIpc) is 2.89. The average molecular weight is 414 g/mol. The van der Waals surface area contributed by atoms with Gasteiger partial charge >= 0.3 is 0 Å². The molecule has 7 N–H and O–H groups in total. The highest BCUT2D eigenvalue weighted by molar-refractivity contribution is 8.03. The van der Waals surface area contributed by atoms with Gasteiger partial charge in [0.15, 0.2) is 0 Å². The molecule has 0 heterocycles. The van der Waals surface area contributed by atoms with Crippen LogP contribution in [0.2, 0.25) is 0 Å². The second-order valence-corrected chi connectivity index (χ2v) is 7.65. The van der Waals surface area contributed by atoms with E-state index in [1.165, 1.54) is 24.0 Å². The smallest absolute Gasteiger partial charge is 0.139 e. The number of aliphatic imine (C=N–C) groups is 1. The minimum absolute atomic E-state index is 0.259. The summed E-state index contributed by atoms with van der Waals surface area (Å²) in [5.41, 5.74) is 19.7. The standard InChI is InChI=1S/C22H28FN5S/c1-3-7-17(12-13-24)29-21-11-10-16(14-19(21)23)28-22(26)18-8-5-4-6-9-20(18)27-15(2)25/h3,7,10-14,28H,1-2,4-6,8-9,24-26H2/b13-12-,17-7+,22-18+,27-20-. The van der Waals surface area contributed by atoms with Crippen LogP contribution in [0.1, 0.15) is 32.1 Å². The summed E-state index contributed by atoms with van der Waals surface area (Å²) in [6.45, 7) is 7.32. The third-order valence-electron chi connectivity index (χ3n) is 4.27. The van der Waals surface area contributed by atoms with E-state index >= 15 is 0 Å². The fourth-order valence-corrected chi connectivity index (χ4v) is 3.86. The van der Waals surface area contributed by atoms with Gasteiger partial charge in [0, 0.05) is 26.8 Å². The molecule has 1 aliphatic rings. The van der Waals surface area contributed by atoms with Crippen LogP contribution in [0.3, 0.4) is 0 Å². The van der Waals surface area contributed by atoms with Crippen molar-refractivity contribution in [2.75, 3.05) is 5.32 Å². The van der Waals surface area contributed by atoms with E-state index in [9.17, 15) is 4.39 Å². The molecule has 1 fully saturated rings. The van der Waals surface area contributed by atoms with Gasteiger partial charge in [-0.1, -0.05) is 37.4 Å². The fourth-order valence-electron chi connectivity index (χ4n) is 3.01. The van der Waals surface area contributed by atoms with Gasteiger partial charge in [-0.05, 0) is 62.2 Å². The zero-order chi connectivity index (χ0) is 21.2. The number of thioether (sulfide) groups is 1. The first-order valence-electron chi connectivity index (χ1n) is 9.41. The quantitative estimate of drug-likeness (QED) is 0.290. The highest BCUT2D eigenvalue weighted by atomic mass is 32.2. The second kappa shape index (κ2) is 11.2. The SMILES string of the molecule is C=C/C=C(\C=C/N)Sc1ccc(N/C(N)=C2\CCCCC\C2=N\C(=C)N)cc1F. The van der Waals surface area contributed by atoms with E-state index in [-0.39, 0.29) is 11.6 Å². The molecule has 0 unspecified atom stereocenters. The van der Waals surface area contributed by atoms with Crippen molar-refractivity contribution >= 4 is 23.2 Å². The van der Waals surface area contributed by atoms with E-state index in [1.54, 1.807) is 30.4 Å². The molecule has 1 saturated carbocycles. The van der Waals surface area contributed by atoms with Crippen LogP contribution in [0.5, 0.6) is 0 Å². The van der Waals surface area contributed by atoms with Gasteiger partial charge in [-0.2, -0.15) is 0 Å². The monoisotopic (exact) mass is 413 g/mol. The van der Waals surface area contributed by atoms with Crippen molar-refractivity contribution in [3.8, 4) is 0 Å². The van der Waals surface area contributed by atoms with Gasteiger partial charge in [0.25, 0.3) is 0 Å². The van der Waals surface area contributed by atoms with Crippen LogP contribution in [-0.2, 0) is 0 Å². The van der Waals surface area contributed by atoms with Gasteiger partial charge in [0.2, 0.25) is 0 Å². The minimum atomic E-state index is -0.358. The number of rotatable bonds is 7. The molecule has 0 aliphatic heterocycles. The lowest BCUT2D eigenvalue weighted by Gasteiger charge is -2.15. The molecule has 29 heavy (non-hydrogen) atoms. The van der Waals surface area contributed by atoms with Gasteiger partial charge < -0.3 is 22.5 Å². The molecule has 7 heteroatoms. The molecule has 0 bridgehead atoms. The highest BCUT2D eigenvalue weighted by Crippen LogP contribution is 2.31. The van der Waals surface area contributed by atoms with Crippen LogP contribution in [-0.4, -0.2) is 5.71 Å². The van der Waals surface area contributed by atoms with E-state index in [2.05, 4.69) is 23.5 Å². The first kappa shape index (κ1) is 22.4. The van der Waals surface area contributed by atoms with E-state index in [0.717, 1.165) is 48.3 Å². The van der Waals surface area contributed by atoms with E-state index in [0.29, 0.717) is 16.4 Å². The van der Waals surface area contributed by atoms with Gasteiger partial charge in [-0.25, -0.2) is 9.38 Å². The van der Waals surface area contributed by atoms with Gasteiger partial charge in [0.05, 0.1) is 0 Å². The number of allylic oxidation sites excluding steroid dienone is 4. The number of hydrogen-bond donors (Lipinski definition) is 4. The summed E-state index contributed by atoms with van der Waals surface area (Å²) >= 11 is 1.26. The van der Waals surface area contributed by atoms with Crippen LogP contribution in [0.4, 0.5) is 10.1 Å². The molecule has 1 aromatic rings. The number of halogens is 1. The molecular formula is C22H28FN5S. The molecule has 0 spiro atoms. The zero-order valence-corrected chi connectivity index (χ0v) is 17.3. The Hall–Kier alpha value is -2.93. The fraction of sp³-hybridized carbons (Fsp3) is 0.227. The molecule has 1 aromatic carbocycles. The van der Waals surface area contributed by atoms with Crippen molar-refractivity contribution in [1.82, 2.24) is 0 Å². The molecule has 0 aromatic heterocycles. The minimum Gasteiger partial charge on any atom is -0.405 e. The highest BCUT2D eigenvalue weighted by Gasteiger charge is 2.16. The molecule has 0 radical (unpaired) electrons. The lowest BCUT2D eigenvalue weighted by Crippen LogP contribution is -2.18. The molecule has 2 rings (SSSR count). The van der Waals surface area contributed by atoms with Gasteiger partial charge in [0.1, 0.15) is 17.5 Å². The maximum absolute atomic E-state index is 14.6. The van der Waals surface area contributed by atoms with Crippen LogP contribution in [0.25, 0.3) is 0 Å². The predicted octanol–water partition coefficient (Wildman–Crippen LogP) is 4.88. The van der Waals surface area contributed by atoms with E-state index in [4.69, 9.17) is 17.2 Å². The summed E-state index contributed by atoms with van der Waals surface area (Å²) in [5.74, 6) is 0.364. The van der Waals surface area contributed by atoms with E-state index < -0.39 is 0 Å². The van der Waals surface area contributed by atoms with Gasteiger partial charge in [-0.3, -0.25) is 0 Å². The summed E-state index contributed by atoms with van der Waals surface area (Å²) in [6, 6.07) is 4.90. The first-order chi connectivity index (χ1) is 13.9. The Balaban J connectivity index is 2.25. The van der Waals surface area contributed by atoms with Crippen molar-refractivity contribution in [3.05, 3.63) is 83.7 Å². The Bertz CT molecular complexity index is 883. The van der Waals surface area contributed by atoms with Crippen molar-refractivity contribution in [3.63, 3.8) is 0 Å². The Morgan fingerprint density at radius 2 is 1.97 bits per heavy atom. The summed E-state index contributed by atoms with van der Waals surface area (Å²) in [7, 11) is 0. The van der Waals surface area contributed by atoms with Crippen molar-refractivity contribution in [1.29, 1.82) is 0 Å². The second-order valence-electron chi connectivity index (χ2n) is 6.54. The first-order valence-corrected chi connectivity index (χ1v) is 10.2. The normalized spacial score (nSPS) is 18.5. The molecule has 0 atom stereocenters. The maximum Gasteiger partial charge on any atom is 0.139 e. The van der Waals surface area contributed by atoms with Crippen molar-refractivity contribution < 1.29 is 4.39 Å². The number of anilines is 1. The molecular weight excluding hydrogens is 385 g/mol.